The van der Waals surface area contributed by atoms with Crippen LogP contribution in [0.3, 0.4) is 0 Å². The first-order valence-electron chi connectivity index (χ1n) is 6.39. The lowest BCUT2D eigenvalue weighted by atomic mass is 10.2. The van der Waals surface area contributed by atoms with Crippen LogP contribution in [0.4, 0.5) is 11.4 Å². The van der Waals surface area contributed by atoms with Crippen molar-refractivity contribution in [1.29, 1.82) is 0 Å². The molecule has 0 saturated carbocycles. The van der Waals surface area contributed by atoms with Gasteiger partial charge in [0, 0.05) is 29.8 Å². The summed E-state index contributed by atoms with van der Waals surface area (Å²) >= 11 is 3.38. The normalized spacial score (nSPS) is 10.0. The minimum absolute atomic E-state index is 0.102. The molecule has 0 saturated heterocycles. The van der Waals surface area contributed by atoms with Crippen LogP contribution < -0.4 is 10.2 Å². The molecule has 108 valence electrons. The van der Waals surface area contributed by atoms with Crippen LogP contribution in [0.1, 0.15) is 17.3 Å². The Morgan fingerprint density at radius 1 is 1.05 bits per heavy atom. The molecule has 0 fully saturated rings. The fourth-order valence-electron chi connectivity index (χ4n) is 1.90. The predicted octanol–water partition coefficient (Wildman–Crippen LogP) is 3.68. The Hall–Kier alpha value is -2.14. The lowest BCUT2D eigenvalue weighted by Gasteiger charge is -2.18. The molecule has 0 aliphatic heterocycles. The van der Waals surface area contributed by atoms with Gasteiger partial charge in [-0.2, -0.15) is 0 Å². The number of halogens is 1. The summed E-state index contributed by atoms with van der Waals surface area (Å²) in [7, 11) is 1.72. The Labute approximate surface area is 131 Å². The molecule has 2 aromatic carbocycles. The Kier molecular flexibility index (Phi) is 4.75. The van der Waals surface area contributed by atoms with E-state index in [1.807, 2.05) is 18.2 Å². The zero-order valence-electron chi connectivity index (χ0n) is 11.8. The van der Waals surface area contributed by atoms with Crippen molar-refractivity contribution in [1.82, 2.24) is 0 Å². The van der Waals surface area contributed by atoms with E-state index in [4.69, 9.17) is 0 Å². The van der Waals surface area contributed by atoms with Crippen LogP contribution in [0.5, 0.6) is 0 Å². The molecule has 4 nitrogen and oxygen atoms in total. The van der Waals surface area contributed by atoms with E-state index in [9.17, 15) is 9.59 Å². The van der Waals surface area contributed by atoms with Gasteiger partial charge >= 0.3 is 0 Å². The van der Waals surface area contributed by atoms with E-state index in [-0.39, 0.29) is 11.8 Å². The Bertz CT molecular complexity index is 668. The first-order chi connectivity index (χ1) is 9.99. The molecule has 1 N–H and O–H groups in total. The Balaban J connectivity index is 2.20. The first-order valence-corrected chi connectivity index (χ1v) is 7.18. The number of amides is 2. The second-order valence-corrected chi connectivity index (χ2v) is 5.43. The monoisotopic (exact) mass is 346 g/mol. The lowest BCUT2D eigenvalue weighted by molar-refractivity contribution is -0.114. The van der Waals surface area contributed by atoms with Crippen LogP contribution in [-0.2, 0) is 4.79 Å². The van der Waals surface area contributed by atoms with Gasteiger partial charge in [-0.3, -0.25) is 9.59 Å². The van der Waals surface area contributed by atoms with E-state index in [1.165, 1.54) is 6.92 Å². The number of hydrogen-bond acceptors (Lipinski definition) is 2. The van der Waals surface area contributed by atoms with Gasteiger partial charge in [0.05, 0.1) is 5.56 Å². The van der Waals surface area contributed by atoms with E-state index in [0.717, 1.165) is 10.2 Å². The third-order valence-corrected chi connectivity index (χ3v) is 3.68. The third kappa shape index (κ3) is 3.70. The fourth-order valence-corrected chi connectivity index (χ4v) is 2.36. The molecule has 0 aliphatic rings. The van der Waals surface area contributed by atoms with Crippen molar-refractivity contribution >= 4 is 39.1 Å². The molecule has 0 bridgehead atoms. The van der Waals surface area contributed by atoms with E-state index in [2.05, 4.69) is 21.2 Å². The van der Waals surface area contributed by atoms with E-state index < -0.39 is 0 Å². The van der Waals surface area contributed by atoms with Gasteiger partial charge in [0.15, 0.2) is 0 Å². The third-order valence-electron chi connectivity index (χ3n) is 2.98. The fraction of sp³-hybridized carbons (Fsp3) is 0.125. The maximum Gasteiger partial charge on any atom is 0.259 e. The van der Waals surface area contributed by atoms with Crippen molar-refractivity contribution in [3.63, 3.8) is 0 Å². The highest BCUT2D eigenvalue weighted by atomic mass is 79.9. The molecule has 21 heavy (non-hydrogen) atoms. The van der Waals surface area contributed by atoms with E-state index in [1.54, 1.807) is 42.3 Å². The molecule has 0 radical (unpaired) electrons. The zero-order chi connectivity index (χ0) is 15.4. The zero-order valence-corrected chi connectivity index (χ0v) is 13.3. The van der Waals surface area contributed by atoms with Gasteiger partial charge in [0.2, 0.25) is 5.91 Å². The molecule has 2 amide bonds. The quantitative estimate of drug-likeness (QED) is 0.921. The molecule has 0 aromatic heterocycles. The number of carbonyl (C=O) groups excluding carboxylic acids is 2. The summed E-state index contributed by atoms with van der Waals surface area (Å²) in [5.74, 6) is -0.227. The molecule has 0 aliphatic carbocycles. The molecule has 5 heteroatoms. The average Bonchev–Trinajstić information content (AvgIpc) is 2.46. The number of carbonyl (C=O) groups is 2. The molecule has 2 aromatic rings. The largest absolute Gasteiger partial charge is 0.326 e. The summed E-state index contributed by atoms with van der Waals surface area (Å²) in [5.41, 5.74) is 2.06. The van der Waals surface area contributed by atoms with Crippen molar-refractivity contribution < 1.29 is 9.59 Å². The summed E-state index contributed by atoms with van der Waals surface area (Å²) in [5, 5.41) is 2.69. The van der Waals surface area contributed by atoms with Crippen molar-refractivity contribution in [2.24, 2.45) is 0 Å². The molecular weight excluding hydrogens is 332 g/mol. The summed E-state index contributed by atoms with van der Waals surface area (Å²) < 4.78 is 0.761. The molecule has 0 unspecified atom stereocenters. The number of anilines is 2. The molecular formula is C16H15BrN2O2. The second kappa shape index (κ2) is 6.54. The van der Waals surface area contributed by atoms with Crippen LogP contribution in [0.25, 0.3) is 0 Å². The van der Waals surface area contributed by atoms with Gasteiger partial charge in [-0.1, -0.05) is 12.1 Å². The second-order valence-electron chi connectivity index (χ2n) is 4.57. The van der Waals surface area contributed by atoms with Crippen LogP contribution in [0.15, 0.2) is 53.0 Å². The molecule has 0 spiro atoms. The van der Waals surface area contributed by atoms with E-state index >= 15 is 0 Å². The highest BCUT2D eigenvalue weighted by Crippen LogP contribution is 2.22. The topological polar surface area (TPSA) is 49.4 Å². The average molecular weight is 347 g/mol. The first kappa shape index (κ1) is 15.3. The number of rotatable bonds is 3. The van der Waals surface area contributed by atoms with Gasteiger partial charge in [-0.15, -0.1) is 0 Å². The number of benzene rings is 2. The maximum absolute atomic E-state index is 12.5. The van der Waals surface area contributed by atoms with Gasteiger partial charge in [-0.25, -0.2) is 0 Å². The van der Waals surface area contributed by atoms with E-state index in [0.29, 0.717) is 11.3 Å². The lowest BCUT2D eigenvalue weighted by Crippen LogP contribution is -2.26. The van der Waals surface area contributed by atoms with Crippen LogP contribution in [-0.4, -0.2) is 18.9 Å². The molecule has 2 rings (SSSR count). The van der Waals surface area contributed by atoms with Crippen molar-refractivity contribution in [2.75, 3.05) is 17.3 Å². The SMILES string of the molecule is CC(=O)Nc1ccc(N(C)C(=O)c2ccccc2Br)cc1. The number of nitrogens with zero attached hydrogens (tertiary/aromatic N) is 1. The van der Waals surface area contributed by atoms with Gasteiger partial charge in [-0.05, 0) is 52.3 Å². The summed E-state index contributed by atoms with van der Waals surface area (Å²) in [6, 6.07) is 14.4. The minimum Gasteiger partial charge on any atom is -0.326 e. The highest BCUT2D eigenvalue weighted by Gasteiger charge is 2.15. The Morgan fingerprint density at radius 3 is 2.24 bits per heavy atom. The van der Waals surface area contributed by atoms with Gasteiger partial charge in [0.1, 0.15) is 0 Å². The smallest absolute Gasteiger partial charge is 0.259 e. The number of hydrogen-bond donors (Lipinski definition) is 1. The highest BCUT2D eigenvalue weighted by molar-refractivity contribution is 9.10. The van der Waals surface area contributed by atoms with Crippen molar-refractivity contribution in [2.45, 2.75) is 6.92 Å². The predicted molar refractivity (Wildman–Crippen MR) is 87.6 cm³/mol. The Morgan fingerprint density at radius 2 is 1.67 bits per heavy atom. The summed E-state index contributed by atoms with van der Waals surface area (Å²) in [6.45, 7) is 1.45. The minimum atomic E-state index is -0.125. The van der Waals surface area contributed by atoms with Crippen LogP contribution in [0, 0.1) is 0 Å². The summed E-state index contributed by atoms with van der Waals surface area (Å²) in [4.78, 5) is 25.0. The maximum atomic E-state index is 12.5. The standard InChI is InChI=1S/C16H15BrN2O2/c1-11(20)18-12-7-9-13(10-8-12)19(2)16(21)14-5-3-4-6-15(14)17/h3-10H,1-2H3,(H,18,20). The van der Waals surface area contributed by atoms with Crippen molar-refractivity contribution in [3.8, 4) is 0 Å². The van der Waals surface area contributed by atoms with Gasteiger partial charge < -0.3 is 10.2 Å². The molecule has 0 heterocycles. The number of nitrogens with one attached hydrogen (secondary N) is 1. The van der Waals surface area contributed by atoms with Crippen LogP contribution >= 0.6 is 15.9 Å². The summed E-state index contributed by atoms with van der Waals surface area (Å²) in [6.07, 6.45) is 0. The van der Waals surface area contributed by atoms with Crippen molar-refractivity contribution in [3.05, 3.63) is 58.6 Å². The molecule has 0 atom stereocenters. The van der Waals surface area contributed by atoms with Gasteiger partial charge in [0.25, 0.3) is 5.91 Å². The van der Waals surface area contributed by atoms with Crippen LogP contribution in [0.2, 0.25) is 0 Å².